The average molecular weight is 428 g/mol. The smallest absolute Gasteiger partial charge is 0.340 e. The van der Waals surface area contributed by atoms with Crippen LogP contribution in [-0.2, 0) is 9.53 Å². The summed E-state index contributed by atoms with van der Waals surface area (Å²) in [4.78, 5) is 40.4. The van der Waals surface area contributed by atoms with Gasteiger partial charge in [0.25, 0.3) is 5.91 Å². The van der Waals surface area contributed by atoms with Crippen molar-refractivity contribution in [3.05, 3.63) is 59.2 Å². The zero-order valence-corrected chi connectivity index (χ0v) is 16.1. The number of carbonyl (C=O) groups excluding carboxylic acids is 3. The van der Waals surface area contributed by atoms with Crippen molar-refractivity contribution in [2.75, 3.05) is 18.7 Å². The molecule has 0 radical (unpaired) electrons. The van der Waals surface area contributed by atoms with Gasteiger partial charge in [0.2, 0.25) is 6.79 Å². The van der Waals surface area contributed by atoms with Crippen molar-refractivity contribution >= 4 is 46.1 Å². The van der Waals surface area contributed by atoms with Crippen LogP contribution in [0.25, 0.3) is 10.9 Å². The molecule has 1 aliphatic rings. The number of imide groups is 1. The Morgan fingerprint density at radius 1 is 1.10 bits per heavy atom. The van der Waals surface area contributed by atoms with Gasteiger partial charge in [-0.15, -0.1) is 0 Å². The Labute approximate surface area is 174 Å². The predicted molar refractivity (Wildman–Crippen MR) is 107 cm³/mol. The molecule has 1 aliphatic heterocycles. The zero-order chi connectivity index (χ0) is 21.1. The second kappa shape index (κ2) is 8.26. The van der Waals surface area contributed by atoms with E-state index in [1.165, 1.54) is 12.3 Å². The highest BCUT2D eigenvalue weighted by Crippen LogP contribution is 2.34. The van der Waals surface area contributed by atoms with Crippen LogP contribution in [0.2, 0.25) is 5.02 Å². The Balaban J connectivity index is 1.33. The SMILES string of the molecule is O=C(COC(=O)c1ccc(Cl)c2cccnc12)NC(=O)Nc1ccc2c(c1)OCO2. The van der Waals surface area contributed by atoms with Crippen molar-refractivity contribution in [3.63, 3.8) is 0 Å². The number of hydrogen-bond acceptors (Lipinski definition) is 7. The van der Waals surface area contributed by atoms with Gasteiger partial charge in [0.05, 0.1) is 16.1 Å². The quantitative estimate of drug-likeness (QED) is 0.614. The summed E-state index contributed by atoms with van der Waals surface area (Å²) < 4.78 is 15.4. The molecule has 1 aromatic heterocycles. The number of halogens is 1. The second-order valence-electron chi connectivity index (χ2n) is 6.14. The van der Waals surface area contributed by atoms with E-state index in [4.69, 9.17) is 25.8 Å². The molecule has 0 saturated carbocycles. The molecule has 4 rings (SSSR count). The number of aromatic nitrogens is 1. The number of pyridine rings is 1. The highest BCUT2D eigenvalue weighted by molar-refractivity contribution is 6.35. The Kier molecular flexibility index (Phi) is 5.36. The third kappa shape index (κ3) is 4.11. The van der Waals surface area contributed by atoms with E-state index >= 15 is 0 Å². The first-order valence-electron chi connectivity index (χ1n) is 8.72. The maximum Gasteiger partial charge on any atom is 0.340 e. The van der Waals surface area contributed by atoms with Crippen LogP contribution in [0, 0.1) is 0 Å². The summed E-state index contributed by atoms with van der Waals surface area (Å²) in [7, 11) is 0. The van der Waals surface area contributed by atoms with E-state index in [0.717, 1.165) is 0 Å². The summed E-state index contributed by atoms with van der Waals surface area (Å²) in [6, 6.07) is 10.4. The van der Waals surface area contributed by atoms with Gasteiger partial charge >= 0.3 is 12.0 Å². The van der Waals surface area contributed by atoms with E-state index in [2.05, 4.69) is 15.6 Å². The van der Waals surface area contributed by atoms with Crippen molar-refractivity contribution < 1.29 is 28.6 Å². The van der Waals surface area contributed by atoms with Crippen LogP contribution in [0.3, 0.4) is 0 Å². The maximum atomic E-state index is 12.3. The molecule has 0 bridgehead atoms. The molecule has 3 aromatic rings. The number of nitrogens with one attached hydrogen (secondary N) is 2. The van der Waals surface area contributed by atoms with Crippen molar-refractivity contribution in [1.82, 2.24) is 10.3 Å². The highest BCUT2D eigenvalue weighted by atomic mass is 35.5. The largest absolute Gasteiger partial charge is 0.454 e. The molecule has 30 heavy (non-hydrogen) atoms. The molecule has 3 amide bonds. The van der Waals surface area contributed by atoms with Crippen LogP contribution in [0.5, 0.6) is 11.5 Å². The van der Waals surface area contributed by atoms with Gasteiger partial charge in [-0.3, -0.25) is 15.1 Å². The number of hydrogen-bond donors (Lipinski definition) is 2. The van der Waals surface area contributed by atoms with Gasteiger partial charge in [-0.2, -0.15) is 0 Å². The van der Waals surface area contributed by atoms with Crippen molar-refractivity contribution in [1.29, 1.82) is 0 Å². The first-order chi connectivity index (χ1) is 14.5. The predicted octanol–water partition coefficient (Wildman–Crippen LogP) is 3.12. The van der Waals surface area contributed by atoms with Crippen LogP contribution in [0.4, 0.5) is 10.5 Å². The van der Waals surface area contributed by atoms with Gasteiger partial charge in [0.15, 0.2) is 18.1 Å². The van der Waals surface area contributed by atoms with Gasteiger partial charge in [-0.25, -0.2) is 9.59 Å². The van der Waals surface area contributed by atoms with Crippen LogP contribution in [0.1, 0.15) is 10.4 Å². The third-order valence-corrected chi connectivity index (χ3v) is 4.48. The number of ether oxygens (including phenoxy) is 3. The number of benzene rings is 2. The van der Waals surface area contributed by atoms with Gasteiger partial charge in [-0.1, -0.05) is 11.6 Å². The number of urea groups is 1. The first-order valence-corrected chi connectivity index (χ1v) is 9.10. The summed E-state index contributed by atoms with van der Waals surface area (Å²) in [5.41, 5.74) is 0.920. The summed E-state index contributed by atoms with van der Waals surface area (Å²) >= 11 is 6.10. The number of esters is 1. The lowest BCUT2D eigenvalue weighted by molar-refractivity contribution is -0.123. The molecule has 2 N–H and O–H groups in total. The molecule has 0 aliphatic carbocycles. The number of anilines is 1. The molecule has 0 spiro atoms. The normalized spacial score (nSPS) is 11.8. The lowest BCUT2D eigenvalue weighted by atomic mass is 10.1. The molecule has 2 heterocycles. The molecule has 9 nitrogen and oxygen atoms in total. The topological polar surface area (TPSA) is 116 Å². The zero-order valence-electron chi connectivity index (χ0n) is 15.3. The lowest BCUT2D eigenvalue weighted by Crippen LogP contribution is -2.37. The van der Waals surface area contributed by atoms with Gasteiger partial charge in [0.1, 0.15) is 0 Å². The van der Waals surface area contributed by atoms with E-state index < -0.39 is 24.5 Å². The summed E-state index contributed by atoms with van der Waals surface area (Å²) in [6.07, 6.45) is 1.52. The van der Waals surface area contributed by atoms with E-state index in [0.29, 0.717) is 33.1 Å². The molecule has 0 saturated heterocycles. The number of amides is 3. The molecular weight excluding hydrogens is 414 g/mol. The Bertz CT molecular complexity index is 1170. The van der Waals surface area contributed by atoms with Crippen molar-refractivity contribution in [2.24, 2.45) is 0 Å². The van der Waals surface area contributed by atoms with Gasteiger partial charge in [0, 0.05) is 23.3 Å². The standard InChI is InChI=1S/C20H14ClN3O6/c21-14-5-4-13(18-12(14)2-1-7-22-18)19(26)28-9-17(25)24-20(27)23-11-3-6-15-16(8-11)30-10-29-15/h1-8H,9-10H2,(H2,23,24,25,27). The number of carbonyl (C=O) groups is 3. The van der Waals surface area contributed by atoms with E-state index in [-0.39, 0.29) is 12.4 Å². The van der Waals surface area contributed by atoms with E-state index in [1.807, 2.05) is 0 Å². The minimum atomic E-state index is -0.798. The molecule has 2 aromatic carbocycles. The molecule has 0 atom stereocenters. The van der Waals surface area contributed by atoms with Crippen molar-refractivity contribution in [2.45, 2.75) is 0 Å². The van der Waals surface area contributed by atoms with Crippen LogP contribution >= 0.6 is 11.6 Å². The number of fused-ring (bicyclic) bond motifs is 2. The Hall–Kier alpha value is -3.85. The minimum absolute atomic E-state index is 0.104. The summed E-state index contributed by atoms with van der Waals surface area (Å²) in [5, 5.41) is 5.58. The highest BCUT2D eigenvalue weighted by Gasteiger charge is 2.18. The van der Waals surface area contributed by atoms with Crippen molar-refractivity contribution in [3.8, 4) is 11.5 Å². The minimum Gasteiger partial charge on any atom is -0.454 e. The lowest BCUT2D eigenvalue weighted by Gasteiger charge is -2.09. The second-order valence-corrected chi connectivity index (χ2v) is 6.55. The molecule has 10 heteroatoms. The fourth-order valence-corrected chi connectivity index (χ4v) is 3.03. The molecule has 0 unspecified atom stereocenters. The molecule has 0 fully saturated rings. The average Bonchev–Trinajstić information content (AvgIpc) is 3.20. The Morgan fingerprint density at radius 2 is 1.93 bits per heavy atom. The van der Waals surface area contributed by atoms with Gasteiger partial charge < -0.3 is 19.5 Å². The summed E-state index contributed by atoms with van der Waals surface area (Å²) in [6.45, 7) is -0.544. The van der Waals surface area contributed by atoms with E-state index in [9.17, 15) is 14.4 Å². The molecule has 152 valence electrons. The monoisotopic (exact) mass is 427 g/mol. The van der Waals surface area contributed by atoms with Crippen LogP contribution < -0.4 is 20.1 Å². The van der Waals surface area contributed by atoms with E-state index in [1.54, 1.807) is 36.4 Å². The summed E-state index contributed by atoms with van der Waals surface area (Å²) in [5.74, 6) is -0.514. The fourth-order valence-electron chi connectivity index (χ4n) is 2.81. The Morgan fingerprint density at radius 3 is 2.80 bits per heavy atom. The number of rotatable bonds is 4. The maximum absolute atomic E-state index is 12.3. The fraction of sp³-hybridized carbons (Fsp3) is 0.100. The number of nitrogens with zero attached hydrogens (tertiary/aromatic N) is 1. The molecular formula is C20H14ClN3O6. The van der Waals surface area contributed by atoms with Crippen LogP contribution in [-0.4, -0.2) is 36.3 Å². The van der Waals surface area contributed by atoms with Crippen LogP contribution in [0.15, 0.2) is 48.7 Å². The first kappa shape index (κ1) is 19.5. The van der Waals surface area contributed by atoms with Gasteiger partial charge in [-0.05, 0) is 36.4 Å². The third-order valence-electron chi connectivity index (χ3n) is 4.15.